The number of nitrogens with zero attached hydrogens (tertiary/aromatic N) is 1. The number of rotatable bonds is 10. The van der Waals surface area contributed by atoms with Crippen molar-refractivity contribution in [3.63, 3.8) is 0 Å². The van der Waals surface area contributed by atoms with E-state index in [1.807, 2.05) is 13.8 Å². The minimum atomic E-state index is -3.24. The van der Waals surface area contributed by atoms with Gasteiger partial charge < -0.3 is 5.32 Å². The number of nitrogens with one attached hydrogen (secondary N) is 2. The third kappa shape index (κ3) is 7.57. The van der Waals surface area contributed by atoms with Gasteiger partial charge in [0, 0.05) is 37.8 Å². The highest BCUT2D eigenvalue weighted by atomic mass is 32.2. The van der Waals surface area contributed by atoms with Gasteiger partial charge in [-0.1, -0.05) is 13.8 Å². The molecule has 2 N–H and O–H groups in total. The molecule has 0 aromatic rings. The van der Waals surface area contributed by atoms with Gasteiger partial charge in [0.2, 0.25) is 10.0 Å². The largest absolute Gasteiger partial charge is 0.313 e. The molecule has 0 saturated carbocycles. The minimum absolute atomic E-state index is 0.296. The molecule has 6 heteroatoms. The molecular weight excluding hydrogens is 274 g/mol. The molecule has 20 heavy (non-hydrogen) atoms. The van der Waals surface area contributed by atoms with Crippen molar-refractivity contribution in [2.75, 3.05) is 19.6 Å². The summed E-state index contributed by atoms with van der Waals surface area (Å²) >= 11 is 0. The summed E-state index contributed by atoms with van der Waals surface area (Å²) in [6.07, 6.45) is 0. The molecule has 0 radical (unpaired) electrons. The zero-order valence-electron chi connectivity index (χ0n) is 14.1. The molecule has 0 fully saturated rings. The van der Waals surface area contributed by atoms with E-state index < -0.39 is 15.3 Å². The van der Waals surface area contributed by atoms with Gasteiger partial charge in [-0.3, -0.25) is 4.90 Å². The van der Waals surface area contributed by atoms with Crippen LogP contribution in [0.3, 0.4) is 0 Å². The van der Waals surface area contributed by atoms with Gasteiger partial charge in [-0.15, -0.1) is 0 Å². The Balaban J connectivity index is 4.28. The van der Waals surface area contributed by atoms with Crippen molar-refractivity contribution in [1.82, 2.24) is 14.9 Å². The van der Waals surface area contributed by atoms with Gasteiger partial charge in [-0.25, -0.2) is 13.1 Å². The summed E-state index contributed by atoms with van der Waals surface area (Å²) < 4.78 is 26.9. The second kappa shape index (κ2) is 8.97. The Morgan fingerprint density at radius 3 is 1.85 bits per heavy atom. The van der Waals surface area contributed by atoms with E-state index in [9.17, 15) is 8.42 Å². The molecule has 0 amide bonds. The lowest BCUT2D eigenvalue weighted by atomic mass is 10.2. The van der Waals surface area contributed by atoms with Crippen molar-refractivity contribution in [3.05, 3.63) is 0 Å². The van der Waals surface area contributed by atoms with E-state index in [0.29, 0.717) is 31.2 Å². The Bertz CT molecular complexity index is 345. The van der Waals surface area contributed by atoms with Crippen LogP contribution in [0, 0.1) is 0 Å². The standard InChI is InChI=1S/C14H33N3O2S/c1-11(2)15-10-14(7)20(18,19)16-8-9-17(12(3)4)13(5)6/h11-16H,8-10H2,1-7H3. The normalized spacial score (nSPS) is 14.8. The Morgan fingerprint density at radius 1 is 0.950 bits per heavy atom. The molecule has 0 aromatic heterocycles. The molecule has 0 saturated heterocycles. The molecule has 0 aliphatic rings. The van der Waals surface area contributed by atoms with Crippen LogP contribution in [0.1, 0.15) is 48.5 Å². The fourth-order valence-corrected chi connectivity index (χ4v) is 3.06. The van der Waals surface area contributed by atoms with E-state index in [0.717, 1.165) is 6.54 Å². The number of hydrogen-bond acceptors (Lipinski definition) is 4. The zero-order chi connectivity index (χ0) is 15.9. The van der Waals surface area contributed by atoms with Gasteiger partial charge in [0.1, 0.15) is 0 Å². The predicted octanol–water partition coefficient (Wildman–Crippen LogP) is 1.41. The molecule has 0 aromatic carbocycles. The van der Waals surface area contributed by atoms with Crippen LogP contribution in [0.2, 0.25) is 0 Å². The quantitative estimate of drug-likeness (QED) is 0.641. The highest BCUT2D eigenvalue weighted by Crippen LogP contribution is 2.04. The zero-order valence-corrected chi connectivity index (χ0v) is 14.9. The first-order valence-electron chi connectivity index (χ1n) is 7.55. The van der Waals surface area contributed by atoms with Gasteiger partial charge in [0.25, 0.3) is 0 Å². The van der Waals surface area contributed by atoms with Crippen molar-refractivity contribution in [2.45, 2.75) is 71.8 Å². The van der Waals surface area contributed by atoms with Gasteiger partial charge >= 0.3 is 0 Å². The lowest BCUT2D eigenvalue weighted by Crippen LogP contribution is -2.45. The van der Waals surface area contributed by atoms with Gasteiger partial charge in [-0.05, 0) is 34.6 Å². The van der Waals surface area contributed by atoms with Gasteiger partial charge in [0.15, 0.2) is 0 Å². The molecule has 5 nitrogen and oxygen atoms in total. The summed E-state index contributed by atoms with van der Waals surface area (Å²) in [5.74, 6) is 0. The van der Waals surface area contributed by atoms with E-state index in [2.05, 4.69) is 42.6 Å². The highest BCUT2D eigenvalue weighted by molar-refractivity contribution is 7.90. The molecule has 122 valence electrons. The maximum absolute atomic E-state index is 12.1. The molecule has 0 aliphatic heterocycles. The molecule has 1 unspecified atom stereocenters. The van der Waals surface area contributed by atoms with Crippen molar-refractivity contribution >= 4 is 10.0 Å². The number of hydrogen-bond donors (Lipinski definition) is 2. The SMILES string of the molecule is CC(C)NCC(C)S(=O)(=O)NCCN(C(C)C)C(C)C. The molecule has 0 rings (SSSR count). The van der Waals surface area contributed by atoms with E-state index >= 15 is 0 Å². The average Bonchev–Trinajstić information content (AvgIpc) is 2.30. The Hall–Kier alpha value is -0.170. The van der Waals surface area contributed by atoms with Crippen LogP contribution in [0.5, 0.6) is 0 Å². The summed E-state index contributed by atoms with van der Waals surface area (Å²) in [6.45, 7) is 15.9. The van der Waals surface area contributed by atoms with E-state index in [1.54, 1.807) is 6.92 Å². The number of sulfonamides is 1. The van der Waals surface area contributed by atoms with E-state index in [1.165, 1.54) is 0 Å². The Labute approximate surface area is 125 Å². The van der Waals surface area contributed by atoms with Crippen LogP contribution in [-0.2, 0) is 10.0 Å². The van der Waals surface area contributed by atoms with E-state index in [4.69, 9.17) is 0 Å². The van der Waals surface area contributed by atoms with Crippen molar-refractivity contribution in [2.24, 2.45) is 0 Å². The first-order valence-corrected chi connectivity index (χ1v) is 9.10. The molecule has 0 spiro atoms. The monoisotopic (exact) mass is 307 g/mol. The van der Waals surface area contributed by atoms with Crippen LogP contribution in [0.25, 0.3) is 0 Å². The summed E-state index contributed by atoms with van der Waals surface area (Å²) in [5.41, 5.74) is 0. The minimum Gasteiger partial charge on any atom is -0.313 e. The molecule has 0 bridgehead atoms. The maximum Gasteiger partial charge on any atom is 0.215 e. The third-order valence-corrected chi connectivity index (χ3v) is 5.18. The van der Waals surface area contributed by atoms with Crippen LogP contribution in [0.15, 0.2) is 0 Å². The second-order valence-corrected chi connectivity index (χ2v) is 8.42. The Kier molecular flexibility index (Phi) is 8.90. The smallest absolute Gasteiger partial charge is 0.215 e. The molecule has 0 aliphatic carbocycles. The van der Waals surface area contributed by atoms with Crippen LogP contribution in [-0.4, -0.2) is 56.3 Å². The van der Waals surface area contributed by atoms with Crippen molar-refractivity contribution in [3.8, 4) is 0 Å². The van der Waals surface area contributed by atoms with E-state index in [-0.39, 0.29) is 0 Å². The molecule has 1 atom stereocenters. The predicted molar refractivity (Wildman–Crippen MR) is 86.5 cm³/mol. The third-order valence-electron chi connectivity index (χ3n) is 3.34. The first-order chi connectivity index (χ1) is 9.08. The second-order valence-electron chi connectivity index (χ2n) is 6.24. The maximum atomic E-state index is 12.1. The van der Waals surface area contributed by atoms with Gasteiger partial charge in [-0.2, -0.15) is 0 Å². The fraction of sp³-hybridized carbons (Fsp3) is 1.00. The Morgan fingerprint density at radius 2 is 1.45 bits per heavy atom. The summed E-state index contributed by atoms with van der Waals surface area (Å²) in [4.78, 5) is 2.28. The molecular formula is C14H33N3O2S. The summed E-state index contributed by atoms with van der Waals surface area (Å²) in [7, 11) is -3.24. The summed E-state index contributed by atoms with van der Waals surface area (Å²) in [5, 5.41) is 2.74. The van der Waals surface area contributed by atoms with Gasteiger partial charge in [0.05, 0.1) is 5.25 Å². The average molecular weight is 308 g/mol. The first kappa shape index (κ1) is 19.8. The highest BCUT2D eigenvalue weighted by Gasteiger charge is 2.21. The van der Waals surface area contributed by atoms with Crippen molar-refractivity contribution in [1.29, 1.82) is 0 Å². The van der Waals surface area contributed by atoms with Crippen LogP contribution in [0.4, 0.5) is 0 Å². The fourth-order valence-electron chi connectivity index (χ4n) is 2.08. The lowest BCUT2D eigenvalue weighted by Gasteiger charge is -2.30. The van der Waals surface area contributed by atoms with Crippen LogP contribution < -0.4 is 10.0 Å². The van der Waals surface area contributed by atoms with Crippen LogP contribution >= 0.6 is 0 Å². The molecule has 0 heterocycles. The van der Waals surface area contributed by atoms with Crippen molar-refractivity contribution < 1.29 is 8.42 Å². The lowest BCUT2D eigenvalue weighted by molar-refractivity contribution is 0.179. The summed E-state index contributed by atoms with van der Waals surface area (Å²) in [6, 6.07) is 1.13. The topological polar surface area (TPSA) is 61.4 Å².